The van der Waals surface area contributed by atoms with Crippen molar-refractivity contribution in [3.63, 3.8) is 0 Å². The number of carboxylic acids is 1. The number of halogens is 1. The summed E-state index contributed by atoms with van der Waals surface area (Å²) in [5.74, 6) is -1.54. The van der Waals surface area contributed by atoms with Crippen molar-refractivity contribution in [2.45, 2.75) is 19.4 Å². The van der Waals surface area contributed by atoms with Crippen molar-refractivity contribution in [2.75, 3.05) is 12.4 Å². The number of Topliss-reactive ketones (excluding diaryl/α,β-unsaturated/α-hetero) is 1. The molecule has 2 N–H and O–H groups in total. The molecule has 1 amide bonds. The van der Waals surface area contributed by atoms with Gasteiger partial charge in [0.05, 0.1) is 23.9 Å². The van der Waals surface area contributed by atoms with E-state index in [0.717, 1.165) is 0 Å². The lowest BCUT2D eigenvalue weighted by atomic mass is 9.97. The average molecular weight is 552 g/mol. The number of amides is 1. The van der Waals surface area contributed by atoms with E-state index in [-0.39, 0.29) is 23.5 Å². The lowest BCUT2D eigenvalue weighted by Crippen LogP contribution is -2.34. The maximum absolute atomic E-state index is 13.4. The Kier molecular flexibility index (Phi) is 8.04. The summed E-state index contributed by atoms with van der Waals surface area (Å²) in [6.07, 6.45) is 3.15. The van der Waals surface area contributed by atoms with E-state index in [1.807, 2.05) is 0 Å². The van der Waals surface area contributed by atoms with E-state index >= 15 is 0 Å². The second kappa shape index (κ2) is 11.4. The highest BCUT2D eigenvalue weighted by molar-refractivity contribution is 7.09. The first-order chi connectivity index (χ1) is 18.2. The maximum Gasteiger partial charge on any atom is 0.335 e. The number of anilines is 1. The Labute approximate surface area is 226 Å². The van der Waals surface area contributed by atoms with Crippen molar-refractivity contribution in [1.82, 2.24) is 9.55 Å². The summed E-state index contributed by atoms with van der Waals surface area (Å²) >= 11 is 7.53. The first-order valence-electron chi connectivity index (χ1n) is 11.3. The first-order valence-corrected chi connectivity index (χ1v) is 12.6. The van der Waals surface area contributed by atoms with Crippen LogP contribution in [-0.2, 0) is 11.2 Å². The number of ether oxygens (including phenoxy) is 1. The van der Waals surface area contributed by atoms with E-state index < -0.39 is 23.5 Å². The number of aromatic carboxylic acids is 1. The highest BCUT2D eigenvalue weighted by Crippen LogP contribution is 2.34. The van der Waals surface area contributed by atoms with Crippen LogP contribution in [-0.4, -0.2) is 39.4 Å². The minimum atomic E-state index is -1.09. The van der Waals surface area contributed by atoms with Crippen LogP contribution in [0.5, 0.6) is 5.75 Å². The fourth-order valence-corrected chi connectivity index (χ4v) is 4.78. The molecular formula is C27H22ClN3O6S. The predicted molar refractivity (Wildman–Crippen MR) is 145 cm³/mol. The quantitative estimate of drug-likeness (QED) is 0.281. The van der Waals surface area contributed by atoms with Gasteiger partial charge in [-0.1, -0.05) is 11.6 Å². The Bertz CT molecular complexity index is 1560. The highest BCUT2D eigenvalue weighted by Gasteiger charge is 2.26. The van der Waals surface area contributed by atoms with Crippen molar-refractivity contribution in [2.24, 2.45) is 0 Å². The zero-order valence-electron chi connectivity index (χ0n) is 20.3. The fraction of sp³-hybridized carbons (Fsp3) is 0.148. The summed E-state index contributed by atoms with van der Waals surface area (Å²) < 4.78 is 6.83. The molecule has 4 aromatic rings. The van der Waals surface area contributed by atoms with E-state index in [1.54, 1.807) is 29.8 Å². The molecule has 0 fully saturated rings. The van der Waals surface area contributed by atoms with E-state index in [2.05, 4.69) is 10.3 Å². The molecule has 0 bridgehead atoms. The van der Waals surface area contributed by atoms with Crippen LogP contribution >= 0.6 is 22.9 Å². The van der Waals surface area contributed by atoms with Gasteiger partial charge in [-0.2, -0.15) is 0 Å². The third kappa shape index (κ3) is 5.82. The number of benzene rings is 2. The number of aromatic nitrogens is 2. The van der Waals surface area contributed by atoms with E-state index in [0.29, 0.717) is 32.4 Å². The van der Waals surface area contributed by atoms with Crippen molar-refractivity contribution in [3.8, 4) is 16.9 Å². The molecule has 1 atom stereocenters. The summed E-state index contributed by atoms with van der Waals surface area (Å²) in [5.41, 5.74) is 1.10. The molecule has 2 aromatic carbocycles. The Morgan fingerprint density at radius 2 is 1.87 bits per heavy atom. The lowest BCUT2D eigenvalue weighted by molar-refractivity contribution is -0.119. The van der Waals surface area contributed by atoms with Gasteiger partial charge in [0.25, 0.3) is 5.56 Å². The van der Waals surface area contributed by atoms with Crippen molar-refractivity contribution in [3.05, 3.63) is 97.8 Å². The number of carboxylic acid groups (broad SMARTS) is 1. The van der Waals surface area contributed by atoms with Gasteiger partial charge in [0.2, 0.25) is 5.91 Å². The average Bonchev–Trinajstić information content (AvgIpc) is 3.40. The number of nitrogens with one attached hydrogen (secondary N) is 1. The van der Waals surface area contributed by atoms with Crippen molar-refractivity contribution < 1.29 is 24.2 Å². The van der Waals surface area contributed by atoms with Gasteiger partial charge in [0.15, 0.2) is 5.78 Å². The number of nitrogens with zero attached hydrogens (tertiary/aromatic N) is 2. The molecule has 0 aliphatic heterocycles. The summed E-state index contributed by atoms with van der Waals surface area (Å²) in [6.45, 7) is 1.41. The molecule has 38 heavy (non-hydrogen) atoms. The van der Waals surface area contributed by atoms with Gasteiger partial charge < -0.3 is 15.2 Å². The van der Waals surface area contributed by atoms with Crippen LogP contribution in [0.4, 0.5) is 5.69 Å². The zero-order valence-corrected chi connectivity index (χ0v) is 21.9. The van der Waals surface area contributed by atoms with E-state index in [1.165, 1.54) is 66.5 Å². The van der Waals surface area contributed by atoms with Crippen LogP contribution in [0.1, 0.15) is 38.7 Å². The van der Waals surface area contributed by atoms with Crippen molar-refractivity contribution in [1.29, 1.82) is 0 Å². The van der Waals surface area contributed by atoms with Crippen molar-refractivity contribution >= 4 is 46.3 Å². The Balaban J connectivity index is 1.77. The SMILES string of the molecule is COc1cn(C(Cc2nccs2)C(=O)Nc2ccc(C(=O)O)cc2)c(=O)cc1-c1cc(Cl)ccc1C(C)=O. The third-order valence-electron chi connectivity index (χ3n) is 5.80. The van der Waals surface area contributed by atoms with Crippen LogP contribution in [0.15, 0.2) is 71.1 Å². The van der Waals surface area contributed by atoms with Gasteiger partial charge >= 0.3 is 5.97 Å². The number of carbonyl (C=O) groups is 3. The van der Waals surface area contributed by atoms with Crippen LogP contribution in [0.2, 0.25) is 5.02 Å². The fourth-order valence-electron chi connectivity index (χ4n) is 3.95. The van der Waals surface area contributed by atoms with Gasteiger partial charge in [0.1, 0.15) is 11.8 Å². The molecule has 0 saturated carbocycles. The third-order valence-corrected chi connectivity index (χ3v) is 6.84. The Hall–Kier alpha value is -4.28. The standard InChI is InChI=1S/C27H22ClN3O6S/c1-15(32)19-8-5-17(28)11-20(19)21-12-25(33)31(14-23(21)37-2)22(13-24-29-9-10-38-24)26(34)30-18-6-3-16(4-7-18)27(35)36/h3-12,14,22H,13H2,1-2H3,(H,30,34)(H,35,36). The molecule has 0 saturated heterocycles. The molecule has 2 heterocycles. The van der Waals surface area contributed by atoms with Gasteiger partial charge in [-0.3, -0.25) is 19.0 Å². The van der Waals surface area contributed by atoms with Crippen LogP contribution < -0.4 is 15.6 Å². The topological polar surface area (TPSA) is 128 Å². The summed E-state index contributed by atoms with van der Waals surface area (Å²) in [5, 5.41) is 14.6. The molecule has 9 nitrogen and oxygen atoms in total. The largest absolute Gasteiger partial charge is 0.495 e. The number of hydrogen-bond acceptors (Lipinski definition) is 7. The van der Waals surface area contributed by atoms with Crippen LogP contribution in [0.25, 0.3) is 11.1 Å². The number of pyridine rings is 1. The number of thiazole rings is 1. The van der Waals surface area contributed by atoms with E-state index in [4.69, 9.17) is 21.4 Å². The second-order valence-electron chi connectivity index (χ2n) is 8.26. The molecule has 11 heteroatoms. The molecule has 1 unspecified atom stereocenters. The van der Waals surface area contributed by atoms with Gasteiger partial charge in [0, 0.05) is 45.9 Å². The molecule has 0 spiro atoms. The number of carbonyl (C=O) groups excluding carboxylic acids is 2. The van der Waals surface area contributed by atoms with Gasteiger partial charge in [-0.05, 0) is 55.0 Å². The molecule has 0 aliphatic rings. The lowest BCUT2D eigenvalue weighted by Gasteiger charge is -2.21. The molecular weight excluding hydrogens is 530 g/mol. The number of rotatable bonds is 9. The smallest absolute Gasteiger partial charge is 0.335 e. The van der Waals surface area contributed by atoms with Gasteiger partial charge in [-0.15, -0.1) is 11.3 Å². The minimum absolute atomic E-state index is 0.0739. The molecule has 4 rings (SSSR count). The second-order valence-corrected chi connectivity index (χ2v) is 9.68. The first kappa shape index (κ1) is 26.8. The Morgan fingerprint density at radius 1 is 1.13 bits per heavy atom. The number of hydrogen-bond donors (Lipinski definition) is 2. The summed E-state index contributed by atoms with van der Waals surface area (Å²) in [6, 6.07) is 10.7. The normalized spacial score (nSPS) is 11.6. The summed E-state index contributed by atoms with van der Waals surface area (Å²) in [7, 11) is 1.42. The molecule has 0 radical (unpaired) electrons. The molecule has 2 aromatic heterocycles. The van der Waals surface area contributed by atoms with Crippen LogP contribution in [0, 0.1) is 0 Å². The van der Waals surface area contributed by atoms with Crippen LogP contribution in [0.3, 0.4) is 0 Å². The van der Waals surface area contributed by atoms with Gasteiger partial charge in [-0.25, -0.2) is 9.78 Å². The van der Waals surface area contributed by atoms with E-state index in [9.17, 15) is 19.2 Å². The maximum atomic E-state index is 13.4. The Morgan fingerprint density at radius 3 is 2.47 bits per heavy atom. The monoisotopic (exact) mass is 551 g/mol. The predicted octanol–water partition coefficient (Wildman–Crippen LogP) is 4.96. The number of methoxy groups -OCH3 is 1. The molecule has 194 valence electrons. The molecule has 0 aliphatic carbocycles. The summed E-state index contributed by atoms with van der Waals surface area (Å²) in [4.78, 5) is 54.5. The minimum Gasteiger partial charge on any atom is -0.495 e. The number of ketones is 1. The zero-order chi connectivity index (χ0) is 27.4. The highest BCUT2D eigenvalue weighted by atomic mass is 35.5.